The van der Waals surface area contributed by atoms with Gasteiger partial charge in [0.05, 0.1) is 6.61 Å². The van der Waals surface area contributed by atoms with Crippen LogP contribution in [0.4, 0.5) is 0 Å². The molecule has 0 unspecified atom stereocenters. The van der Waals surface area contributed by atoms with Gasteiger partial charge in [0.15, 0.2) is 0 Å². The van der Waals surface area contributed by atoms with Crippen molar-refractivity contribution in [3.05, 3.63) is 0 Å². The van der Waals surface area contributed by atoms with Gasteiger partial charge in [-0.05, 0) is 20.0 Å². The first kappa shape index (κ1) is 8.87. The van der Waals surface area contributed by atoms with Gasteiger partial charge in [0.1, 0.15) is 0 Å². The Balaban J connectivity index is 2.92. The Labute approximate surface area is 56.4 Å². The van der Waals surface area contributed by atoms with Gasteiger partial charge in [-0.15, -0.1) is 0 Å². The molecule has 56 valence electrons. The molecule has 0 aliphatic rings. The Morgan fingerprint density at radius 3 is 2.67 bits per heavy atom. The summed E-state index contributed by atoms with van der Waals surface area (Å²) in [5, 5.41) is 2.86. The first-order chi connectivity index (χ1) is 4.27. The molecular formula is C4H11NO3S. The number of nitrogens with one attached hydrogen (secondary N) is 1. The lowest BCUT2D eigenvalue weighted by Gasteiger charge is -1.94. The molecule has 0 fully saturated rings. The summed E-state index contributed by atoms with van der Waals surface area (Å²) in [4.78, 5) is 0. The average molecular weight is 153 g/mol. The molecule has 9 heavy (non-hydrogen) atoms. The number of thiol groups is 1. The third-order valence-electron chi connectivity index (χ3n) is 0.768. The van der Waals surface area contributed by atoms with E-state index < -0.39 is 11.0 Å². The van der Waals surface area contributed by atoms with Crippen molar-refractivity contribution < 1.29 is 12.6 Å². The molecule has 0 atom stereocenters. The molecule has 0 amide bonds. The molecular weight excluding hydrogens is 142 g/mol. The predicted octanol–water partition coefficient (Wildman–Crippen LogP) is -0.861. The van der Waals surface area contributed by atoms with Gasteiger partial charge in [0.25, 0.3) is 11.0 Å². The zero-order chi connectivity index (χ0) is 7.11. The quantitative estimate of drug-likeness (QED) is 0.398. The van der Waals surface area contributed by atoms with Crippen LogP contribution in [0.3, 0.4) is 0 Å². The van der Waals surface area contributed by atoms with Crippen LogP contribution in [-0.4, -0.2) is 28.6 Å². The summed E-state index contributed by atoms with van der Waals surface area (Å²) in [5.74, 6) is 0. The highest BCUT2D eigenvalue weighted by Gasteiger charge is 1.85. The van der Waals surface area contributed by atoms with Crippen molar-refractivity contribution in [2.45, 2.75) is 6.42 Å². The van der Waals surface area contributed by atoms with Crippen molar-refractivity contribution in [2.24, 2.45) is 0 Å². The highest BCUT2D eigenvalue weighted by molar-refractivity contribution is 7.67. The highest BCUT2D eigenvalue weighted by atomic mass is 32.2. The lowest BCUT2D eigenvalue weighted by Crippen LogP contribution is -2.09. The summed E-state index contributed by atoms with van der Waals surface area (Å²) in [7, 11) is -0.842. The van der Waals surface area contributed by atoms with Crippen LogP contribution >= 0.6 is 0 Å². The summed E-state index contributed by atoms with van der Waals surface area (Å²) in [5.41, 5.74) is 0. The van der Waals surface area contributed by atoms with Crippen molar-refractivity contribution in [1.29, 1.82) is 0 Å². The van der Waals surface area contributed by atoms with E-state index in [-0.39, 0.29) is 6.61 Å². The van der Waals surface area contributed by atoms with Gasteiger partial charge in [0.2, 0.25) is 0 Å². The first-order valence-corrected chi connectivity index (χ1v) is 3.79. The van der Waals surface area contributed by atoms with Crippen LogP contribution < -0.4 is 5.32 Å². The fourth-order valence-electron chi connectivity index (χ4n) is 0.388. The molecule has 0 radical (unpaired) electrons. The van der Waals surface area contributed by atoms with Gasteiger partial charge in [-0.3, -0.25) is 4.18 Å². The molecule has 0 aromatic carbocycles. The van der Waals surface area contributed by atoms with E-state index in [0.717, 1.165) is 13.0 Å². The van der Waals surface area contributed by atoms with E-state index in [1.54, 1.807) is 7.05 Å². The third kappa shape index (κ3) is 7.87. The normalized spacial score (nSPS) is 10.4. The minimum Gasteiger partial charge on any atom is -0.320 e. The molecule has 4 nitrogen and oxygen atoms in total. The first-order valence-electron chi connectivity index (χ1n) is 2.69. The molecule has 0 spiro atoms. The largest absolute Gasteiger partial charge is 0.320 e. The SMILES string of the molecule is CNCCCO[SH](=O)=O. The molecule has 5 heteroatoms. The fourth-order valence-corrected chi connectivity index (χ4v) is 0.666. The van der Waals surface area contributed by atoms with E-state index in [1.165, 1.54) is 0 Å². The second-order valence-corrected chi connectivity index (χ2v) is 2.22. The van der Waals surface area contributed by atoms with Gasteiger partial charge >= 0.3 is 0 Å². The Hall–Kier alpha value is -0.130. The highest BCUT2D eigenvalue weighted by Crippen LogP contribution is 1.78. The Kier molecular flexibility index (Phi) is 5.91. The van der Waals surface area contributed by atoms with Gasteiger partial charge in [-0.25, -0.2) is 8.42 Å². The van der Waals surface area contributed by atoms with Crippen LogP contribution in [0.1, 0.15) is 6.42 Å². The zero-order valence-corrected chi connectivity index (χ0v) is 6.19. The molecule has 0 heterocycles. The molecule has 0 rings (SSSR count). The number of rotatable bonds is 5. The second kappa shape index (κ2) is 6.00. The molecule has 1 N–H and O–H groups in total. The molecule has 0 bridgehead atoms. The molecule has 0 saturated heterocycles. The number of hydrogen-bond acceptors (Lipinski definition) is 4. The van der Waals surface area contributed by atoms with Crippen LogP contribution in [-0.2, 0) is 15.2 Å². The van der Waals surface area contributed by atoms with Crippen molar-refractivity contribution in [3.8, 4) is 0 Å². The van der Waals surface area contributed by atoms with E-state index in [4.69, 9.17) is 0 Å². The van der Waals surface area contributed by atoms with Gasteiger partial charge < -0.3 is 5.32 Å². The van der Waals surface area contributed by atoms with Crippen LogP contribution in [0.25, 0.3) is 0 Å². The molecule has 0 aliphatic carbocycles. The monoisotopic (exact) mass is 153 g/mol. The van der Waals surface area contributed by atoms with Crippen LogP contribution in [0.2, 0.25) is 0 Å². The standard InChI is InChI=1S/C4H11NO3S/c1-5-3-2-4-8-9(6)7/h5,9H,2-4H2,1H3. The maximum Gasteiger partial charge on any atom is 0.257 e. The van der Waals surface area contributed by atoms with Crippen molar-refractivity contribution in [2.75, 3.05) is 20.2 Å². The summed E-state index contributed by atoms with van der Waals surface area (Å²) in [6.45, 7) is 1.06. The van der Waals surface area contributed by atoms with Crippen LogP contribution in [0.15, 0.2) is 0 Å². The smallest absolute Gasteiger partial charge is 0.257 e. The van der Waals surface area contributed by atoms with Crippen LogP contribution in [0, 0.1) is 0 Å². The van der Waals surface area contributed by atoms with Gasteiger partial charge in [0, 0.05) is 0 Å². The van der Waals surface area contributed by atoms with E-state index in [9.17, 15) is 8.42 Å². The fraction of sp³-hybridized carbons (Fsp3) is 1.00. The number of hydrogen-bond donors (Lipinski definition) is 2. The van der Waals surface area contributed by atoms with Crippen molar-refractivity contribution in [3.63, 3.8) is 0 Å². The van der Waals surface area contributed by atoms with E-state index in [2.05, 4.69) is 9.50 Å². The molecule has 0 aliphatic heterocycles. The topological polar surface area (TPSA) is 55.4 Å². The Morgan fingerprint density at radius 2 is 2.22 bits per heavy atom. The van der Waals surface area contributed by atoms with Gasteiger partial charge in [-0.1, -0.05) is 0 Å². The van der Waals surface area contributed by atoms with Crippen molar-refractivity contribution >= 4 is 11.0 Å². The lowest BCUT2D eigenvalue weighted by molar-refractivity contribution is 0.325. The molecule has 0 aromatic rings. The summed E-state index contributed by atoms with van der Waals surface area (Å²) < 4.78 is 23.8. The Morgan fingerprint density at radius 1 is 1.56 bits per heavy atom. The summed E-state index contributed by atoms with van der Waals surface area (Å²) >= 11 is 0. The van der Waals surface area contributed by atoms with E-state index in [0.29, 0.717) is 0 Å². The van der Waals surface area contributed by atoms with E-state index in [1.807, 2.05) is 0 Å². The second-order valence-electron chi connectivity index (χ2n) is 1.51. The third-order valence-corrected chi connectivity index (χ3v) is 1.16. The van der Waals surface area contributed by atoms with Crippen LogP contribution in [0.5, 0.6) is 0 Å². The maximum absolute atomic E-state index is 9.76. The predicted molar refractivity (Wildman–Crippen MR) is 34.8 cm³/mol. The average Bonchev–Trinajstić information content (AvgIpc) is 1.80. The molecule has 0 saturated carbocycles. The van der Waals surface area contributed by atoms with E-state index >= 15 is 0 Å². The maximum atomic E-state index is 9.76. The zero-order valence-electron chi connectivity index (χ0n) is 5.29. The minimum absolute atomic E-state index is 0.277. The van der Waals surface area contributed by atoms with Gasteiger partial charge in [-0.2, -0.15) is 0 Å². The van der Waals surface area contributed by atoms with Crippen molar-refractivity contribution in [1.82, 2.24) is 5.32 Å². The Bertz CT molecular complexity index is 115. The molecule has 0 aromatic heterocycles. The minimum atomic E-state index is -2.64. The summed E-state index contributed by atoms with van der Waals surface area (Å²) in [6.07, 6.45) is 0.722. The lowest BCUT2D eigenvalue weighted by atomic mass is 10.5. The summed E-state index contributed by atoms with van der Waals surface area (Å²) in [6, 6.07) is 0.